The average molecular weight is 654 g/mol. The van der Waals surface area contributed by atoms with Crippen LogP contribution < -0.4 is 4.90 Å². The summed E-state index contributed by atoms with van der Waals surface area (Å²) in [5, 5.41) is 4.57. The van der Waals surface area contributed by atoms with Gasteiger partial charge in [-0.15, -0.1) is 0 Å². The van der Waals surface area contributed by atoms with E-state index < -0.39 is 0 Å². The molecule has 0 atom stereocenters. The van der Waals surface area contributed by atoms with Crippen LogP contribution in [0.15, 0.2) is 192 Å². The van der Waals surface area contributed by atoms with Gasteiger partial charge >= 0.3 is 0 Å². The quantitative estimate of drug-likeness (QED) is 0.179. The fourth-order valence-electron chi connectivity index (χ4n) is 7.47. The molecule has 0 unspecified atom stereocenters. The van der Waals surface area contributed by atoms with E-state index in [1.807, 2.05) is 36.4 Å². The van der Waals surface area contributed by atoms with Gasteiger partial charge in [0, 0.05) is 38.8 Å². The Balaban J connectivity index is 1.26. The van der Waals surface area contributed by atoms with Crippen LogP contribution in [0, 0.1) is 0 Å². The lowest BCUT2D eigenvalue weighted by Gasteiger charge is -2.27. The molecule has 0 aliphatic heterocycles. The monoisotopic (exact) mass is 653 g/mol. The molecule has 240 valence electrons. The molecule has 10 rings (SSSR count). The molecular formula is C47H31N3O. The smallest absolute Gasteiger partial charge is 0.227 e. The highest BCUT2D eigenvalue weighted by molar-refractivity contribution is 6.14. The maximum absolute atomic E-state index is 6.41. The van der Waals surface area contributed by atoms with Gasteiger partial charge in [0.2, 0.25) is 5.89 Å². The third kappa shape index (κ3) is 4.88. The normalized spacial score (nSPS) is 11.5. The predicted molar refractivity (Wildman–Crippen MR) is 211 cm³/mol. The zero-order chi connectivity index (χ0) is 33.7. The van der Waals surface area contributed by atoms with Gasteiger partial charge in [0.25, 0.3) is 0 Å². The van der Waals surface area contributed by atoms with Gasteiger partial charge in [0.1, 0.15) is 5.52 Å². The van der Waals surface area contributed by atoms with E-state index in [4.69, 9.17) is 9.40 Å². The first kappa shape index (κ1) is 29.0. The fraction of sp³-hybridized carbons (Fsp3) is 0. The number of rotatable bonds is 6. The molecule has 2 heterocycles. The van der Waals surface area contributed by atoms with Gasteiger partial charge in [-0.05, 0) is 83.2 Å². The molecule has 0 aliphatic carbocycles. The van der Waals surface area contributed by atoms with Crippen molar-refractivity contribution >= 4 is 60.7 Å². The van der Waals surface area contributed by atoms with Crippen LogP contribution in [-0.4, -0.2) is 9.55 Å². The average Bonchev–Trinajstić information content (AvgIpc) is 3.79. The highest BCUT2D eigenvalue weighted by Gasteiger charge is 2.22. The van der Waals surface area contributed by atoms with E-state index in [-0.39, 0.29) is 0 Å². The molecule has 0 saturated heterocycles. The minimum atomic E-state index is 0.610. The third-order valence-electron chi connectivity index (χ3n) is 9.78. The van der Waals surface area contributed by atoms with Gasteiger partial charge in [0.15, 0.2) is 5.58 Å². The first-order valence-electron chi connectivity index (χ1n) is 17.2. The summed E-state index contributed by atoms with van der Waals surface area (Å²) in [6.07, 6.45) is 0. The second kappa shape index (κ2) is 11.9. The molecule has 0 spiro atoms. The van der Waals surface area contributed by atoms with Crippen molar-refractivity contribution < 1.29 is 4.42 Å². The van der Waals surface area contributed by atoms with Crippen LogP contribution in [0.3, 0.4) is 0 Å². The maximum atomic E-state index is 6.41. The van der Waals surface area contributed by atoms with Gasteiger partial charge in [-0.1, -0.05) is 121 Å². The molecule has 0 aliphatic rings. The summed E-state index contributed by atoms with van der Waals surface area (Å²) >= 11 is 0. The van der Waals surface area contributed by atoms with Crippen molar-refractivity contribution in [1.82, 2.24) is 9.55 Å². The third-order valence-corrected chi connectivity index (χ3v) is 9.78. The van der Waals surface area contributed by atoms with Gasteiger partial charge in [-0.3, -0.25) is 0 Å². The summed E-state index contributed by atoms with van der Waals surface area (Å²) in [4.78, 5) is 7.51. The lowest BCUT2D eigenvalue weighted by atomic mass is 10.0. The van der Waals surface area contributed by atoms with Crippen molar-refractivity contribution in [3.8, 4) is 28.3 Å². The first-order valence-corrected chi connectivity index (χ1v) is 17.2. The summed E-state index contributed by atoms with van der Waals surface area (Å²) in [7, 11) is 0. The van der Waals surface area contributed by atoms with Crippen molar-refractivity contribution in [1.29, 1.82) is 0 Å². The van der Waals surface area contributed by atoms with Crippen LogP contribution in [0.4, 0.5) is 17.1 Å². The highest BCUT2D eigenvalue weighted by atomic mass is 16.3. The van der Waals surface area contributed by atoms with Crippen LogP contribution in [0.1, 0.15) is 0 Å². The van der Waals surface area contributed by atoms with E-state index in [0.29, 0.717) is 5.89 Å². The number of oxazole rings is 1. The van der Waals surface area contributed by atoms with Crippen molar-refractivity contribution in [2.45, 2.75) is 0 Å². The largest absolute Gasteiger partial charge is 0.436 e. The molecule has 0 fully saturated rings. The topological polar surface area (TPSA) is 34.2 Å². The zero-order valence-electron chi connectivity index (χ0n) is 27.6. The molecule has 0 amide bonds. The van der Waals surface area contributed by atoms with Gasteiger partial charge in [-0.25, -0.2) is 4.98 Å². The van der Waals surface area contributed by atoms with E-state index in [1.165, 1.54) is 21.9 Å². The number of hydrogen-bond acceptors (Lipinski definition) is 3. The molecule has 0 N–H and O–H groups in total. The molecule has 51 heavy (non-hydrogen) atoms. The molecule has 10 aromatic rings. The first-order chi connectivity index (χ1) is 25.3. The van der Waals surface area contributed by atoms with Crippen LogP contribution in [-0.2, 0) is 0 Å². The van der Waals surface area contributed by atoms with E-state index in [2.05, 4.69) is 161 Å². The summed E-state index contributed by atoms with van der Waals surface area (Å²) in [5.41, 5.74) is 11.4. The summed E-state index contributed by atoms with van der Waals surface area (Å²) in [6, 6.07) is 66.3. The Hall–Kier alpha value is -6.91. The number of para-hydroxylation sites is 2. The highest BCUT2D eigenvalue weighted by Crippen LogP contribution is 2.44. The van der Waals surface area contributed by atoms with Gasteiger partial charge in [0.05, 0.1) is 16.7 Å². The Morgan fingerprint density at radius 2 is 1.14 bits per heavy atom. The molecule has 2 aromatic heterocycles. The van der Waals surface area contributed by atoms with E-state index in [0.717, 1.165) is 61.3 Å². The fourth-order valence-corrected chi connectivity index (χ4v) is 7.47. The summed E-state index contributed by atoms with van der Waals surface area (Å²) in [5.74, 6) is 0.610. The van der Waals surface area contributed by atoms with Gasteiger partial charge < -0.3 is 13.9 Å². The Morgan fingerprint density at radius 3 is 1.96 bits per heavy atom. The van der Waals surface area contributed by atoms with Crippen LogP contribution in [0.5, 0.6) is 0 Å². The lowest BCUT2D eigenvalue weighted by molar-refractivity contribution is 0.620. The molecule has 0 saturated carbocycles. The van der Waals surface area contributed by atoms with E-state index in [1.54, 1.807) is 0 Å². The second-order valence-electron chi connectivity index (χ2n) is 12.8. The van der Waals surface area contributed by atoms with Crippen molar-refractivity contribution in [3.05, 3.63) is 188 Å². The Kier molecular flexibility index (Phi) is 6.78. The molecule has 0 bridgehead atoms. The van der Waals surface area contributed by atoms with Crippen molar-refractivity contribution in [2.24, 2.45) is 0 Å². The lowest BCUT2D eigenvalue weighted by Crippen LogP contribution is -2.11. The maximum Gasteiger partial charge on any atom is 0.227 e. The molecular weight excluding hydrogens is 623 g/mol. The number of benzene rings is 8. The standard InChI is InChI=1S/C47H31N3O/c1-4-14-32(15-5-1)35-19-12-22-37(30-35)49(38-27-28-40-39-23-10-11-24-41(39)50(43(40)31-38)36-20-8-3-9-21-36)42-25-13-18-33-26-29-44-46(45(33)42)48-47(51-44)34-16-6-2-7-17-34/h1-31H. The Morgan fingerprint density at radius 1 is 0.471 bits per heavy atom. The molecule has 4 nitrogen and oxygen atoms in total. The Labute approximate surface area is 295 Å². The minimum Gasteiger partial charge on any atom is -0.436 e. The predicted octanol–water partition coefficient (Wildman–Crippen LogP) is 12.9. The van der Waals surface area contributed by atoms with Crippen molar-refractivity contribution in [3.63, 3.8) is 0 Å². The van der Waals surface area contributed by atoms with E-state index in [9.17, 15) is 0 Å². The Bertz CT molecular complexity index is 2850. The minimum absolute atomic E-state index is 0.610. The number of hydrogen-bond donors (Lipinski definition) is 0. The second-order valence-corrected chi connectivity index (χ2v) is 12.8. The zero-order valence-corrected chi connectivity index (χ0v) is 27.6. The van der Waals surface area contributed by atoms with Crippen LogP contribution in [0.2, 0.25) is 0 Å². The van der Waals surface area contributed by atoms with Gasteiger partial charge in [-0.2, -0.15) is 0 Å². The molecule has 8 aromatic carbocycles. The van der Waals surface area contributed by atoms with Crippen LogP contribution >= 0.6 is 0 Å². The summed E-state index contributed by atoms with van der Waals surface area (Å²) < 4.78 is 8.78. The number of nitrogens with zero attached hydrogens (tertiary/aromatic N) is 3. The van der Waals surface area contributed by atoms with Crippen molar-refractivity contribution in [2.75, 3.05) is 4.90 Å². The summed E-state index contributed by atoms with van der Waals surface area (Å²) in [6.45, 7) is 0. The molecule has 0 radical (unpaired) electrons. The number of aromatic nitrogens is 2. The number of anilines is 3. The van der Waals surface area contributed by atoms with Crippen LogP contribution in [0.25, 0.3) is 71.9 Å². The SMILES string of the molecule is c1ccc(-c2cccc(N(c3ccc4c5ccccc5n(-c5ccccc5)c4c3)c3cccc4ccc5oc(-c6ccccc6)nc5c34)c2)cc1. The van der Waals surface area contributed by atoms with E-state index >= 15 is 0 Å². The molecule has 4 heteroatoms. The number of fused-ring (bicyclic) bond motifs is 6.